The molecule has 0 atom stereocenters. The van der Waals surface area contributed by atoms with E-state index in [0.717, 1.165) is 0 Å². The molecule has 2 fully saturated rings. The number of fused-ring (bicyclic) bond motifs is 8. The first-order valence-corrected chi connectivity index (χ1v) is 24.0. The minimum absolute atomic E-state index is 0.227. The fraction of sp³-hybridized carbons (Fsp3) is 0.455. The molecule has 5 aromatic rings. The molecule has 0 spiro atoms. The minimum Gasteiger partial charge on any atom is -0.311 e. The number of hydrogen-bond donors (Lipinski definition) is 0. The monoisotopic (exact) mass is 758 g/mol. The van der Waals surface area contributed by atoms with Crippen molar-refractivity contribution in [1.29, 1.82) is 0 Å². The van der Waals surface area contributed by atoms with Crippen LogP contribution in [0.2, 0.25) is 0 Å². The Hall–Kier alpha value is -4.24. The molecule has 2 heterocycles. The Bertz CT molecular complexity index is 2300. The summed E-state index contributed by atoms with van der Waals surface area (Å²) in [4.78, 5) is 5.76. The highest BCUT2D eigenvalue weighted by Gasteiger charge is 2.46. The van der Waals surface area contributed by atoms with Gasteiger partial charge in [-0.3, -0.25) is 0 Å². The molecule has 2 aliphatic heterocycles. The Labute approximate surface area is 347 Å². The van der Waals surface area contributed by atoms with E-state index in [1.54, 1.807) is 83.4 Å². The van der Waals surface area contributed by atoms with Gasteiger partial charge in [0.25, 0.3) is 6.71 Å². The quantitative estimate of drug-likeness (QED) is 0.165. The molecule has 292 valence electrons. The van der Waals surface area contributed by atoms with Crippen molar-refractivity contribution in [2.24, 2.45) is 0 Å². The molecule has 0 unspecified atom stereocenters. The average molecular weight is 759 g/mol. The zero-order chi connectivity index (χ0) is 38.1. The van der Waals surface area contributed by atoms with Crippen LogP contribution in [0.1, 0.15) is 163 Å². The molecule has 0 aromatic heterocycles. The van der Waals surface area contributed by atoms with Gasteiger partial charge in [0.1, 0.15) is 0 Å². The lowest BCUT2D eigenvalue weighted by Gasteiger charge is -2.46. The summed E-state index contributed by atoms with van der Waals surface area (Å²) in [5.74, 6) is 1.36. The number of hydrogen-bond acceptors (Lipinski definition) is 2. The highest BCUT2D eigenvalue weighted by molar-refractivity contribution is 7.00. The largest absolute Gasteiger partial charge is 0.311 e. The van der Waals surface area contributed by atoms with Gasteiger partial charge in [-0.1, -0.05) is 74.9 Å². The molecular formula is C55H59BN2. The molecule has 3 heteroatoms. The number of rotatable bonds is 4. The van der Waals surface area contributed by atoms with Gasteiger partial charge in [0.05, 0.1) is 11.4 Å². The number of benzene rings is 5. The third-order valence-electron chi connectivity index (χ3n) is 16.7. The fourth-order valence-electron chi connectivity index (χ4n) is 14.2. The molecule has 6 aliphatic carbocycles. The SMILES string of the molecule is Cc1cc2c3c(c1)N(c1c4c(cc5c1CCC5)CCC4)c1ccc(C4CCCCC4)cc1B3c1cc(C3CCCCC3)ccc1N2c1c2c(cc3c1CCC3)CCC2. The highest BCUT2D eigenvalue weighted by atomic mass is 15.2. The first-order valence-electron chi connectivity index (χ1n) is 24.0. The fourth-order valence-corrected chi connectivity index (χ4v) is 14.2. The molecule has 13 rings (SSSR count). The lowest BCUT2D eigenvalue weighted by atomic mass is 9.33. The topological polar surface area (TPSA) is 6.48 Å². The van der Waals surface area contributed by atoms with Crippen molar-refractivity contribution in [3.63, 3.8) is 0 Å². The van der Waals surface area contributed by atoms with Crippen molar-refractivity contribution in [2.45, 2.75) is 160 Å². The second-order valence-corrected chi connectivity index (χ2v) is 20.0. The highest BCUT2D eigenvalue weighted by Crippen LogP contribution is 2.53. The summed E-state index contributed by atoms with van der Waals surface area (Å²) in [6, 6.07) is 26.5. The first kappa shape index (κ1) is 34.6. The van der Waals surface area contributed by atoms with Crippen molar-refractivity contribution in [2.75, 3.05) is 9.80 Å². The lowest BCUT2D eigenvalue weighted by Crippen LogP contribution is -2.61. The van der Waals surface area contributed by atoms with Crippen molar-refractivity contribution in [1.82, 2.24) is 0 Å². The third-order valence-corrected chi connectivity index (χ3v) is 16.7. The lowest BCUT2D eigenvalue weighted by molar-refractivity contribution is 0.444. The van der Waals surface area contributed by atoms with Gasteiger partial charge in [-0.2, -0.15) is 0 Å². The summed E-state index contributed by atoms with van der Waals surface area (Å²) in [6.07, 6.45) is 28.6. The van der Waals surface area contributed by atoms with Gasteiger partial charge in [0.2, 0.25) is 0 Å². The van der Waals surface area contributed by atoms with Crippen LogP contribution in [0.15, 0.2) is 60.7 Å². The Balaban J connectivity index is 1.13. The maximum Gasteiger partial charge on any atom is 0.252 e. The second kappa shape index (κ2) is 13.4. The van der Waals surface area contributed by atoms with Crippen LogP contribution in [-0.4, -0.2) is 6.71 Å². The first-order chi connectivity index (χ1) is 28.7. The van der Waals surface area contributed by atoms with Crippen molar-refractivity contribution < 1.29 is 0 Å². The van der Waals surface area contributed by atoms with E-state index in [2.05, 4.69) is 77.4 Å². The molecular weight excluding hydrogens is 699 g/mol. The zero-order valence-electron chi connectivity index (χ0n) is 35.0. The van der Waals surface area contributed by atoms with Crippen molar-refractivity contribution >= 4 is 57.2 Å². The molecule has 0 bridgehead atoms. The van der Waals surface area contributed by atoms with Gasteiger partial charge in [-0.05, 0) is 223 Å². The average Bonchev–Trinajstić information content (AvgIpc) is 4.11. The summed E-state index contributed by atoms with van der Waals surface area (Å²) in [5.41, 5.74) is 31.5. The smallest absolute Gasteiger partial charge is 0.252 e. The van der Waals surface area contributed by atoms with Crippen LogP contribution in [0.3, 0.4) is 0 Å². The van der Waals surface area contributed by atoms with E-state index in [9.17, 15) is 0 Å². The van der Waals surface area contributed by atoms with Gasteiger partial charge < -0.3 is 9.80 Å². The Morgan fingerprint density at radius 1 is 0.414 bits per heavy atom. The number of nitrogens with zero attached hydrogens (tertiary/aromatic N) is 2. The maximum atomic E-state index is 2.88. The van der Waals surface area contributed by atoms with Gasteiger partial charge in [-0.15, -0.1) is 0 Å². The Morgan fingerprint density at radius 2 is 0.810 bits per heavy atom. The summed E-state index contributed by atoms with van der Waals surface area (Å²) in [5, 5.41) is 0. The van der Waals surface area contributed by atoms with E-state index in [1.807, 2.05) is 0 Å². The molecule has 2 saturated carbocycles. The predicted octanol–water partition coefficient (Wildman–Crippen LogP) is 12.1. The predicted molar refractivity (Wildman–Crippen MR) is 245 cm³/mol. The minimum atomic E-state index is 0.227. The van der Waals surface area contributed by atoms with E-state index in [1.165, 1.54) is 170 Å². The van der Waals surface area contributed by atoms with Crippen LogP contribution in [0.4, 0.5) is 34.1 Å². The van der Waals surface area contributed by atoms with Gasteiger partial charge in [0, 0.05) is 22.7 Å². The number of aryl methyl sites for hydroxylation is 5. The van der Waals surface area contributed by atoms with Gasteiger partial charge in [-0.25, -0.2) is 0 Å². The summed E-state index contributed by atoms with van der Waals surface area (Å²) < 4.78 is 0. The van der Waals surface area contributed by atoms with E-state index in [4.69, 9.17) is 0 Å². The van der Waals surface area contributed by atoms with Crippen LogP contribution in [0.5, 0.6) is 0 Å². The van der Waals surface area contributed by atoms with Crippen molar-refractivity contribution in [3.8, 4) is 0 Å². The molecule has 0 N–H and O–H groups in total. The van der Waals surface area contributed by atoms with Crippen LogP contribution in [0, 0.1) is 6.92 Å². The normalized spacial score (nSPS) is 20.5. The van der Waals surface area contributed by atoms with Crippen LogP contribution in [-0.2, 0) is 51.4 Å². The van der Waals surface area contributed by atoms with E-state index >= 15 is 0 Å². The summed E-state index contributed by atoms with van der Waals surface area (Å²) in [6.45, 7) is 2.62. The van der Waals surface area contributed by atoms with Crippen molar-refractivity contribution in [3.05, 3.63) is 122 Å². The van der Waals surface area contributed by atoms with Crippen LogP contribution >= 0.6 is 0 Å². The van der Waals surface area contributed by atoms with E-state index < -0.39 is 0 Å². The van der Waals surface area contributed by atoms with Crippen LogP contribution < -0.4 is 26.2 Å². The molecule has 0 amide bonds. The summed E-state index contributed by atoms with van der Waals surface area (Å²) >= 11 is 0. The second-order valence-electron chi connectivity index (χ2n) is 20.0. The van der Waals surface area contributed by atoms with E-state index in [-0.39, 0.29) is 6.71 Å². The van der Waals surface area contributed by atoms with E-state index in [0.29, 0.717) is 11.8 Å². The summed E-state index contributed by atoms with van der Waals surface area (Å²) in [7, 11) is 0. The Morgan fingerprint density at radius 3 is 1.21 bits per heavy atom. The molecule has 8 aliphatic rings. The maximum absolute atomic E-state index is 2.88. The van der Waals surface area contributed by atoms with Gasteiger partial charge in [0.15, 0.2) is 0 Å². The molecule has 58 heavy (non-hydrogen) atoms. The Kier molecular flexibility index (Phi) is 7.99. The molecule has 0 radical (unpaired) electrons. The van der Waals surface area contributed by atoms with Crippen LogP contribution in [0.25, 0.3) is 0 Å². The molecule has 5 aromatic carbocycles. The standard InChI is InChI=1S/C55H59BN2/c1-34-28-51-53-52(29-34)58(55-45-22-10-18-41(45)31-42-19-11-23-46(42)55)50-27-25-38(36-14-6-3-7-15-36)33-48(50)56(53)47-32-37(35-12-4-2-5-13-35)24-26-49(47)57(51)54-43-20-8-16-39(43)30-40-17-9-21-44(40)54/h24-33,35-36H,2-23H2,1H3. The van der Waals surface area contributed by atoms with Gasteiger partial charge >= 0.3 is 0 Å². The number of anilines is 6. The zero-order valence-corrected chi connectivity index (χ0v) is 35.0. The third kappa shape index (κ3) is 5.10. The molecule has 2 nitrogen and oxygen atoms in total. The molecule has 0 saturated heterocycles.